The van der Waals surface area contributed by atoms with Gasteiger partial charge in [0.2, 0.25) is 0 Å². The van der Waals surface area contributed by atoms with Gasteiger partial charge in [-0.15, -0.1) is 0 Å². The molecule has 1 nitrogen and oxygen atoms in total. The fourth-order valence-corrected chi connectivity index (χ4v) is 1.25. The van der Waals surface area contributed by atoms with Gasteiger partial charge < -0.3 is 5.11 Å². The molecule has 0 unspecified atom stereocenters. The highest BCUT2D eigenvalue weighted by Gasteiger charge is 1.82. The molecule has 0 fully saturated rings. The van der Waals surface area contributed by atoms with Gasteiger partial charge in [-0.2, -0.15) is 0 Å². The quantitative estimate of drug-likeness (QED) is 0.301. The highest BCUT2D eigenvalue weighted by atomic mass is 16.2. The molecule has 0 amide bonds. The molecule has 0 aliphatic carbocycles. The number of allylic oxidation sites excluding steroid dienone is 5. The second-order valence-corrected chi connectivity index (χ2v) is 3.80. The van der Waals surface area contributed by atoms with E-state index < -0.39 is 0 Å². The van der Waals surface area contributed by atoms with Gasteiger partial charge in [-0.05, 0) is 36.8 Å². The van der Waals surface area contributed by atoms with Crippen molar-refractivity contribution in [1.82, 2.24) is 0 Å². The van der Waals surface area contributed by atoms with E-state index in [0.717, 1.165) is 12.7 Å². The summed E-state index contributed by atoms with van der Waals surface area (Å²) in [5.41, 5.74) is 0. The lowest BCUT2D eigenvalue weighted by atomic mass is 10.1. The molecule has 18 heavy (non-hydrogen) atoms. The fourth-order valence-electron chi connectivity index (χ4n) is 1.25. The third-order valence-electron chi connectivity index (χ3n) is 2.20. The molecule has 0 aromatic rings. The number of hydrogen-bond donors (Lipinski definition) is 1. The van der Waals surface area contributed by atoms with Gasteiger partial charge in [0.25, 0.3) is 0 Å². The van der Waals surface area contributed by atoms with E-state index >= 15 is 0 Å². The van der Waals surface area contributed by atoms with Gasteiger partial charge in [0.1, 0.15) is 0 Å². The van der Waals surface area contributed by atoms with E-state index in [2.05, 4.69) is 36.7 Å². The molecule has 0 saturated carbocycles. The second-order valence-electron chi connectivity index (χ2n) is 3.80. The van der Waals surface area contributed by atoms with Gasteiger partial charge >= 0.3 is 0 Å². The van der Waals surface area contributed by atoms with E-state index in [0.29, 0.717) is 6.42 Å². The van der Waals surface area contributed by atoms with Crippen molar-refractivity contribution < 1.29 is 5.11 Å². The summed E-state index contributed by atoms with van der Waals surface area (Å²) in [6.45, 7) is 2.22. The zero-order valence-corrected chi connectivity index (χ0v) is 11.2. The van der Waals surface area contributed by atoms with Gasteiger partial charge in [0, 0.05) is 6.42 Å². The summed E-state index contributed by atoms with van der Waals surface area (Å²) in [7, 11) is 0. The molecule has 0 bridgehead atoms. The Bertz CT molecular complexity index is 377. The van der Waals surface area contributed by atoms with E-state index in [4.69, 9.17) is 5.11 Å². The predicted molar refractivity (Wildman–Crippen MR) is 79.0 cm³/mol. The van der Waals surface area contributed by atoms with Crippen LogP contribution in [-0.4, -0.2) is 5.11 Å². The summed E-state index contributed by atoms with van der Waals surface area (Å²) in [5, 5.41) is 8.35. The number of aliphatic hydroxyl groups is 1. The van der Waals surface area contributed by atoms with Crippen LogP contribution in [0.4, 0.5) is 0 Å². The summed E-state index contributed by atoms with van der Waals surface area (Å²) in [4.78, 5) is 0. The van der Waals surface area contributed by atoms with Gasteiger partial charge in [-0.1, -0.05) is 56.3 Å². The first-order chi connectivity index (χ1) is 8.91. The molecule has 0 saturated heterocycles. The first-order valence-electron chi connectivity index (χ1n) is 6.51. The van der Waals surface area contributed by atoms with E-state index in [1.165, 1.54) is 25.7 Å². The van der Waals surface area contributed by atoms with Gasteiger partial charge in [0.05, 0.1) is 6.26 Å². The van der Waals surface area contributed by atoms with Crippen molar-refractivity contribution in [3.05, 3.63) is 36.6 Å². The zero-order chi connectivity index (χ0) is 13.3. The summed E-state index contributed by atoms with van der Waals surface area (Å²) in [6, 6.07) is 0. The van der Waals surface area contributed by atoms with Crippen molar-refractivity contribution in [2.45, 2.75) is 45.4 Å². The Morgan fingerprint density at radius 2 is 1.89 bits per heavy atom. The molecule has 1 N–H and O–H groups in total. The van der Waals surface area contributed by atoms with Crippen LogP contribution in [0.1, 0.15) is 45.4 Å². The average Bonchev–Trinajstić information content (AvgIpc) is 2.39. The molecule has 0 radical (unpaired) electrons. The minimum Gasteiger partial charge on any atom is -0.516 e. The molecule has 0 spiro atoms. The smallest absolute Gasteiger partial charge is 0.0761 e. The van der Waals surface area contributed by atoms with E-state index in [-0.39, 0.29) is 0 Å². The Hall–Kier alpha value is -1.86. The third-order valence-corrected chi connectivity index (χ3v) is 2.20. The standard InChI is InChI=1S/C17H22O/c1-2-3-4-5-6-7-8-9-10-11-12-13-14-15-16-17-18/h7-10,16-18H,2-6,15H2,1H3/b8-7+,10-9+,17-16-. The van der Waals surface area contributed by atoms with Crippen molar-refractivity contribution in [2.24, 2.45) is 0 Å². The lowest BCUT2D eigenvalue weighted by Crippen LogP contribution is -1.72. The van der Waals surface area contributed by atoms with E-state index in [1.807, 2.05) is 12.2 Å². The van der Waals surface area contributed by atoms with Crippen molar-refractivity contribution in [3.63, 3.8) is 0 Å². The highest BCUT2D eigenvalue weighted by Crippen LogP contribution is 2.02. The highest BCUT2D eigenvalue weighted by molar-refractivity contribution is 5.32. The Morgan fingerprint density at radius 1 is 1.00 bits per heavy atom. The van der Waals surface area contributed by atoms with Gasteiger partial charge in [0.15, 0.2) is 0 Å². The molecule has 0 aromatic carbocycles. The predicted octanol–water partition coefficient (Wildman–Crippen LogP) is 4.54. The summed E-state index contributed by atoms with van der Waals surface area (Å²) in [5.74, 6) is 11.0. The first-order valence-corrected chi connectivity index (χ1v) is 6.51. The topological polar surface area (TPSA) is 20.2 Å². The van der Waals surface area contributed by atoms with E-state index in [1.54, 1.807) is 12.2 Å². The Kier molecular flexibility index (Phi) is 13.6. The first kappa shape index (κ1) is 16.1. The molecule has 1 heteroatoms. The van der Waals surface area contributed by atoms with Crippen LogP contribution in [0.5, 0.6) is 0 Å². The van der Waals surface area contributed by atoms with Crippen molar-refractivity contribution in [3.8, 4) is 23.7 Å². The van der Waals surface area contributed by atoms with Crippen LogP contribution in [0.3, 0.4) is 0 Å². The second kappa shape index (κ2) is 15.1. The van der Waals surface area contributed by atoms with Crippen LogP contribution in [0.25, 0.3) is 0 Å². The van der Waals surface area contributed by atoms with Gasteiger partial charge in [-0.3, -0.25) is 0 Å². The average molecular weight is 242 g/mol. The maximum Gasteiger partial charge on any atom is 0.0761 e. The van der Waals surface area contributed by atoms with Crippen LogP contribution in [0.2, 0.25) is 0 Å². The third kappa shape index (κ3) is 14.1. The van der Waals surface area contributed by atoms with E-state index in [9.17, 15) is 0 Å². The Morgan fingerprint density at radius 3 is 2.67 bits per heavy atom. The normalized spacial score (nSPS) is 10.5. The SMILES string of the molecule is CCCCCC/C=C/C=C/C#CC#CC/C=C\O. The molecule has 0 aromatic heterocycles. The molecule has 0 aliphatic rings. The number of rotatable bonds is 7. The summed E-state index contributed by atoms with van der Waals surface area (Å²) >= 11 is 0. The Balaban J connectivity index is 3.60. The summed E-state index contributed by atoms with van der Waals surface area (Å²) in [6.07, 6.45) is 17.4. The van der Waals surface area contributed by atoms with Crippen LogP contribution in [-0.2, 0) is 0 Å². The molecule has 0 aliphatic heterocycles. The number of aliphatic hydroxyl groups excluding tert-OH is 1. The lowest BCUT2D eigenvalue weighted by Gasteiger charge is -1.92. The number of unbranched alkanes of at least 4 members (excludes halogenated alkanes) is 4. The van der Waals surface area contributed by atoms with Crippen molar-refractivity contribution in [2.75, 3.05) is 0 Å². The Labute approximate surface area is 111 Å². The van der Waals surface area contributed by atoms with Crippen LogP contribution in [0, 0.1) is 23.7 Å². The molecule has 0 atom stereocenters. The van der Waals surface area contributed by atoms with Crippen LogP contribution in [0.15, 0.2) is 36.6 Å². The maximum atomic E-state index is 8.35. The zero-order valence-electron chi connectivity index (χ0n) is 11.2. The van der Waals surface area contributed by atoms with Crippen molar-refractivity contribution in [1.29, 1.82) is 0 Å². The molecule has 0 rings (SSSR count). The summed E-state index contributed by atoms with van der Waals surface area (Å²) < 4.78 is 0. The largest absolute Gasteiger partial charge is 0.516 e. The van der Waals surface area contributed by atoms with Gasteiger partial charge in [-0.25, -0.2) is 0 Å². The molecular formula is C17H22O. The molecular weight excluding hydrogens is 220 g/mol. The minimum atomic E-state index is 0.534. The van der Waals surface area contributed by atoms with Crippen LogP contribution >= 0.6 is 0 Å². The van der Waals surface area contributed by atoms with Crippen LogP contribution < -0.4 is 0 Å². The minimum absolute atomic E-state index is 0.534. The maximum absolute atomic E-state index is 8.35. The molecule has 0 heterocycles. The number of hydrogen-bond acceptors (Lipinski definition) is 1. The monoisotopic (exact) mass is 242 g/mol. The van der Waals surface area contributed by atoms with Crippen molar-refractivity contribution >= 4 is 0 Å². The lowest BCUT2D eigenvalue weighted by molar-refractivity contribution is 0.472. The molecule has 96 valence electrons. The fraction of sp³-hybridized carbons (Fsp3) is 0.412.